The minimum atomic E-state index is -3.41. The molecule has 1 unspecified atom stereocenters. The van der Waals surface area contributed by atoms with Gasteiger partial charge in [0.25, 0.3) is 0 Å². The predicted octanol–water partition coefficient (Wildman–Crippen LogP) is 2.40. The molecule has 2 heterocycles. The van der Waals surface area contributed by atoms with Gasteiger partial charge in [-0.2, -0.15) is 4.31 Å². The third kappa shape index (κ3) is 3.27. The first-order valence-corrected chi connectivity index (χ1v) is 9.77. The molecule has 2 aliphatic rings. The monoisotopic (exact) mass is 344 g/mol. The summed E-state index contributed by atoms with van der Waals surface area (Å²) < 4.78 is 28.4. The highest BCUT2D eigenvalue weighted by molar-refractivity contribution is 7.92. The van der Waals surface area contributed by atoms with Gasteiger partial charge in [0.15, 0.2) is 0 Å². The molecule has 1 saturated heterocycles. The first-order chi connectivity index (χ1) is 11.6. The summed E-state index contributed by atoms with van der Waals surface area (Å²) in [6, 6.07) is 9.53. The lowest BCUT2D eigenvalue weighted by Gasteiger charge is -2.13. The highest BCUT2D eigenvalue weighted by atomic mass is 32.2. The molecule has 1 aromatic carbocycles. The summed E-state index contributed by atoms with van der Waals surface area (Å²) >= 11 is 0. The number of sulfonamides is 1. The van der Waals surface area contributed by atoms with Crippen molar-refractivity contribution in [2.45, 2.75) is 31.2 Å². The summed E-state index contributed by atoms with van der Waals surface area (Å²) in [6.45, 7) is 0.972. The molecule has 0 spiro atoms. The number of nitrogens with zero attached hydrogens (tertiary/aromatic N) is 4. The molecule has 1 aliphatic heterocycles. The summed E-state index contributed by atoms with van der Waals surface area (Å²) in [5.41, 5.74) is 1.92. The molecule has 24 heavy (non-hydrogen) atoms. The fraction of sp³-hybridized carbons (Fsp3) is 0.412. The molecule has 7 heteroatoms. The molecule has 2 fully saturated rings. The zero-order valence-corrected chi connectivity index (χ0v) is 14.1. The molecule has 6 nitrogen and oxygen atoms in total. The average molecular weight is 344 g/mol. The largest absolute Gasteiger partial charge is 0.248 e. The van der Waals surface area contributed by atoms with Crippen molar-refractivity contribution >= 4 is 16.1 Å². The lowest BCUT2D eigenvalue weighted by atomic mass is 10.2. The van der Waals surface area contributed by atoms with E-state index in [2.05, 4.69) is 10.3 Å². The topological polar surface area (TPSA) is 68.1 Å². The van der Waals surface area contributed by atoms with Crippen LogP contribution in [0.4, 0.5) is 0 Å². The van der Waals surface area contributed by atoms with Crippen LogP contribution in [0, 0.1) is 0 Å². The molecule has 0 bridgehead atoms. The van der Waals surface area contributed by atoms with Crippen LogP contribution in [-0.2, 0) is 10.0 Å². The van der Waals surface area contributed by atoms with E-state index in [0.717, 1.165) is 17.7 Å². The second-order valence-electron chi connectivity index (χ2n) is 6.46. The molecule has 0 radical (unpaired) electrons. The molecule has 2 aromatic rings. The number of hydrogen-bond acceptors (Lipinski definition) is 4. The normalized spacial score (nSPS) is 22.4. The minimum Gasteiger partial charge on any atom is -0.248 e. The summed E-state index contributed by atoms with van der Waals surface area (Å²) in [4.78, 5) is 0. The van der Waals surface area contributed by atoms with Crippen LogP contribution in [0.2, 0.25) is 0 Å². The van der Waals surface area contributed by atoms with Crippen molar-refractivity contribution in [2.75, 3.05) is 13.1 Å². The van der Waals surface area contributed by atoms with Crippen LogP contribution < -0.4 is 0 Å². The van der Waals surface area contributed by atoms with Crippen molar-refractivity contribution in [1.82, 2.24) is 19.3 Å². The maximum absolute atomic E-state index is 12.5. The van der Waals surface area contributed by atoms with E-state index >= 15 is 0 Å². The van der Waals surface area contributed by atoms with Crippen molar-refractivity contribution in [3.8, 4) is 0 Å². The number of rotatable bonds is 5. The van der Waals surface area contributed by atoms with Gasteiger partial charge in [0.1, 0.15) is 0 Å². The van der Waals surface area contributed by atoms with E-state index in [1.807, 2.05) is 41.2 Å². The highest BCUT2D eigenvalue weighted by Gasteiger charge is 2.33. The van der Waals surface area contributed by atoms with Gasteiger partial charge in [0.2, 0.25) is 10.0 Å². The summed E-state index contributed by atoms with van der Waals surface area (Å²) in [5, 5.41) is 9.71. The van der Waals surface area contributed by atoms with Gasteiger partial charge in [-0.1, -0.05) is 35.5 Å². The quantitative estimate of drug-likeness (QED) is 0.835. The van der Waals surface area contributed by atoms with Crippen molar-refractivity contribution in [2.24, 2.45) is 0 Å². The van der Waals surface area contributed by atoms with Crippen LogP contribution >= 0.6 is 0 Å². The molecule has 1 aliphatic carbocycles. The fourth-order valence-corrected chi connectivity index (χ4v) is 4.25. The maximum atomic E-state index is 12.5. The van der Waals surface area contributed by atoms with Crippen LogP contribution in [0.25, 0.3) is 6.08 Å². The first kappa shape index (κ1) is 15.5. The van der Waals surface area contributed by atoms with E-state index in [9.17, 15) is 8.42 Å². The highest BCUT2D eigenvalue weighted by Crippen LogP contribution is 2.39. The van der Waals surface area contributed by atoms with E-state index in [1.54, 1.807) is 6.08 Å². The standard InChI is InChI=1S/C17H20N4O2S/c22-24(23,11-9-14-4-2-1-3-5-14)20-10-8-16(12-20)21-13-17(18-19-21)15-6-7-15/h1-5,9,11,13,15-16H,6-8,10,12H2. The van der Waals surface area contributed by atoms with Gasteiger partial charge in [-0.3, -0.25) is 0 Å². The van der Waals surface area contributed by atoms with Crippen LogP contribution in [0.5, 0.6) is 0 Å². The van der Waals surface area contributed by atoms with Gasteiger partial charge >= 0.3 is 0 Å². The number of benzene rings is 1. The van der Waals surface area contributed by atoms with Crippen molar-refractivity contribution in [1.29, 1.82) is 0 Å². The Morgan fingerprint density at radius 1 is 1.12 bits per heavy atom. The Bertz CT molecular complexity index is 840. The van der Waals surface area contributed by atoms with E-state index in [1.165, 1.54) is 22.6 Å². The van der Waals surface area contributed by atoms with Gasteiger partial charge in [-0.25, -0.2) is 13.1 Å². The smallest absolute Gasteiger partial charge is 0.236 e. The lowest BCUT2D eigenvalue weighted by molar-refractivity contribution is 0.432. The second-order valence-corrected chi connectivity index (χ2v) is 8.28. The third-order valence-corrected chi connectivity index (χ3v) is 6.15. The molecule has 126 valence electrons. The van der Waals surface area contributed by atoms with E-state index in [0.29, 0.717) is 19.0 Å². The van der Waals surface area contributed by atoms with Gasteiger partial charge in [-0.05, 0) is 30.9 Å². The van der Waals surface area contributed by atoms with Crippen LogP contribution in [0.1, 0.15) is 42.5 Å². The Morgan fingerprint density at radius 2 is 1.92 bits per heavy atom. The van der Waals surface area contributed by atoms with Crippen LogP contribution in [0.15, 0.2) is 41.9 Å². The lowest BCUT2D eigenvalue weighted by Crippen LogP contribution is -2.27. The van der Waals surface area contributed by atoms with Gasteiger partial charge in [0.05, 0.1) is 11.7 Å². The maximum Gasteiger partial charge on any atom is 0.236 e. The number of aromatic nitrogens is 3. The van der Waals surface area contributed by atoms with Crippen molar-refractivity contribution < 1.29 is 8.42 Å². The summed E-state index contributed by atoms with van der Waals surface area (Å²) in [7, 11) is -3.41. The van der Waals surface area contributed by atoms with E-state index in [-0.39, 0.29) is 6.04 Å². The molecule has 1 atom stereocenters. The van der Waals surface area contributed by atoms with E-state index < -0.39 is 10.0 Å². The molecule has 0 N–H and O–H groups in total. The molecular formula is C17H20N4O2S. The fourth-order valence-electron chi connectivity index (χ4n) is 3.01. The van der Waals surface area contributed by atoms with Gasteiger partial charge < -0.3 is 0 Å². The number of hydrogen-bond donors (Lipinski definition) is 0. The Balaban J connectivity index is 1.44. The molecule has 1 aromatic heterocycles. The van der Waals surface area contributed by atoms with Crippen LogP contribution in [-0.4, -0.2) is 40.8 Å². The second kappa shape index (κ2) is 6.14. The third-order valence-electron chi connectivity index (χ3n) is 4.62. The zero-order chi connectivity index (χ0) is 16.6. The molecular weight excluding hydrogens is 324 g/mol. The van der Waals surface area contributed by atoms with E-state index in [4.69, 9.17) is 0 Å². The Kier molecular flexibility index (Phi) is 3.97. The summed E-state index contributed by atoms with van der Waals surface area (Å²) in [5.74, 6) is 0.564. The van der Waals surface area contributed by atoms with Gasteiger partial charge in [0, 0.05) is 30.6 Å². The Hall–Kier alpha value is -1.99. The minimum absolute atomic E-state index is 0.0740. The average Bonchev–Trinajstić information content (AvgIpc) is 3.12. The Morgan fingerprint density at radius 3 is 2.67 bits per heavy atom. The Labute approximate surface area is 141 Å². The molecule has 1 saturated carbocycles. The van der Waals surface area contributed by atoms with Crippen LogP contribution in [0.3, 0.4) is 0 Å². The van der Waals surface area contributed by atoms with Crippen molar-refractivity contribution in [3.05, 3.63) is 53.2 Å². The van der Waals surface area contributed by atoms with Gasteiger partial charge in [-0.15, -0.1) is 5.10 Å². The molecule has 0 amide bonds. The SMILES string of the molecule is O=S(=O)(C=Cc1ccccc1)N1CCC(n2cc(C3CC3)nn2)C1. The summed E-state index contributed by atoms with van der Waals surface area (Å²) in [6.07, 6.45) is 6.77. The molecule has 4 rings (SSSR count). The zero-order valence-electron chi connectivity index (χ0n) is 13.3. The predicted molar refractivity (Wildman–Crippen MR) is 91.6 cm³/mol. The van der Waals surface area contributed by atoms with Crippen molar-refractivity contribution in [3.63, 3.8) is 0 Å². The first-order valence-electron chi connectivity index (χ1n) is 8.27.